The van der Waals surface area contributed by atoms with Crippen molar-refractivity contribution in [2.45, 2.75) is 25.7 Å². The molecular weight excluding hydrogens is 246 g/mol. The molecule has 0 spiro atoms. The van der Waals surface area contributed by atoms with Gasteiger partial charge in [-0.05, 0) is 24.5 Å². The molecule has 0 bridgehead atoms. The van der Waals surface area contributed by atoms with Gasteiger partial charge in [0.15, 0.2) is 0 Å². The number of anilines is 1. The van der Waals surface area contributed by atoms with Crippen molar-refractivity contribution in [3.05, 3.63) is 54.6 Å². The van der Waals surface area contributed by atoms with Crippen LogP contribution in [0.2, 0.25) is 0 Å². The molecule has 0 amide bonds. The lowest BCUT2D eigenvalue weighted by Crippen LogP contribution is -2.02. The highest BCUT2D eigenvalue weighted by Crippen LogP contribution is 2.27. The van der Waals surface area contributed by atoms with Crippen LogP contribution >= 0.6 is 0 Å². The topological polar surface area (TPSA) is 32.3 Å². The molecule has 0 aliphatic carbocycles. The molecule has 2 aromatic rings. The average molecular weight is 269 g/mol. The molecular formula is C18H23NO. The van der Waals surface area contributed by atoms with Crippen molar-refractivity contribution in [1.82, 2.24) is 0 Å². The number of nitrogens with one attached hydrogen (secondary N) is 1. The highest BCUT2D eigenvalue weighted by Gasteiger charge is 2.02. The van der Waals surface area contributed by atoms with Crippen molar-refractivity contribution < 1.29 is 5.11 Å². The highest BCUT2D eigenvalue weighted by atomic mass is 16.2. The number of aliphatic hydroxyl groups is 1. The van der Waals surface area contributed by atoms with E-state index < -0.39 is 0 Å². The molecule has 0 radical (unpaired) electrons. The van der Waals surface area contributed by atoms with Crippen LogP contribution in [0.1, 0.15) is 25.7 Å². The van der Waals surface area contributed by atoms with Gasteiger partial charge in [0.1, 0.15) is 0 Å². The number of para-hydroxylation sites is 1. The first-order valence-corrected chi connectivity index (χ1v) is 7.41. The minimum Gasteiger partial charge on any atom is -0.396 e. The molecule has 2 aromatic carbocycles. The molecule has 2 N–H and O–H groups in total. The molecule has 20 heavy (non-hydrogen) atoms. The second-order valence-electron chi connectivity index (χ2n) is 4.98. The fraction of sp³-hybridized carbons (Fsp3) is 0.333. The monoisotopic (exact) mass is 269 g/mol. The zero-order valence-electron chi connectivity index (χ0n) is 11.9. The minimum absolute atomic E-state index is 0.310. The molecule has 0 saturated heterocycles. The zero-order chi connectivity index (χ0) is 14.0. The second-order valence-corrected chi connectivity index (χ2v) is 4.98. The summed E-state index contributed by atoms with van der Waals surface area (Å²) in [6.45, 7) is 1.29. The molecule has 0 aliphatic heterocycles. The maximum Gasteiger partial charge on any atom is 0.0431 e. The molecule has 0 fully saturated rings. The predicted molar refractivity (Wildman–Crippen MR) is 85.9 cm³/mol. The number of hydrogen-bond donors (Lipinski definition) is 2. The Balaban J connectivity index is 1.92. The van der Waals surface area contributed by atoms with Crippen LogP contribution in [0.15, 0.2) is 54.6 Å². The van der Waals surface area contributed by atoms with Crippen LogP contribution in [0.5, 0.6) is 0 Å². The summed E-state index contributed by atoms with van der Waals surface area (Å²) in [4.78, 5) is 0. The Kier molecular flexibility index (Phi) is 6.12. The molecule has 0 aliphatic rings. The summed E-state index contributed by atoms with van der Waals surface area (Å²) >= 11 is 0. The van der Waals surface area contributed by atoms with E-state index in [1.165, 1.54) is 23.2 Å². The number of hydrogen-bond acceptors (Lipinski definition) is 2. The average Bonchev–Trinajstić information content (AvgIpc) is 2.52. The Hall–Kier alpha value is -1.80. The molecule has 106 valence electrons. The lowest BCUT2D eigenvalue weighted by Gasteiger charge is -2.12. The zero-order valence-corrected chi connectivity index (χ0v) is 11.9. The van der Waals surface area contributed by atoms with Gasteiger partial charge in [0.25, 0.3) is 0 Å². The van der Waals surface area contributed by atoms with Crippen molar-refractivity contribution in [2.75, 3.05) is 18.5 Å². The lowest BCUT2D eigenvalue weighted by atomic mass is 10.0. The van der Waals surface area contributed by atoms with E-state index in [1.807, 2.05) is 6.07 Å². The largest absolute Gasteiger partial charge is 0.396 e. The fourth-order valence-electron chi connectivity index (χ4n) is 2.32. The van der Waals surface area contributed by atoms with Gasteiger partial charge >= 0.3 is 0 Å². The van der Waals surface area contributed by atoms with Gasteiger partial charge in [0.05, 0.1) is 0 Å². The maximum atomic E-state index is 8.75. The van der Waals surface area contributed by atoms with E-state index in [9.17, 15) is 0 Å². The summed E-state index contributed by atoms with van der Waals surface area (Å²) in [7, 11) is 0. The minimum atomic E-state index is 0.310. The molecule has 2 heteroatoms. The third-order valence-corrected chi connectivity index (χ3v) is 3.41. The van der Waals surface area contributed by atoms with Crippen molar-refractivity contribution in [1.29, 1.82) is 0 Å². The molecule has 0 unspecified atom stereocenters. The van der Waals surface area contributed by atoms with Crippen LogP contribution in [-0.2, 0) is 0 Å². The summed E-state index contributed by atoms with van der Waals surface area (Å²) < 4.78 is 0. The van der Waals surface area contributed by atoms with Crippen LogP contribution in [-0.4, -0.2) is 18.3 Å². The van der Waals surface area contributed by atoms with E-state index in [0.29, 0.717) is 6.61 Å². The van der Waals surface area contributed by atoms with Crippen LogP contribution in [0, 0.1) is 0 Å². The lowest BCUT2D eigenvalue weighted by molar-refractivity contribution is 0.283. The van der Waals surface area contributed by atoms with Crippen molar-refractivity contribution >= 4 is 5.69 Å². The quantitative estimate of drug-likeness (QED) is 0.700. The van der Waals surface area contributed by atoms with Gasteiger partial charge in [-0.15, -0.1) is 0 Å². The van der Waals surface area contributed by atoms with Gasteiger partial charge in [-0.1, -0.05) is 61.4 Å². The third-order valence-electron chi connectivity index (χ3n) is 3.41. The summed E-state index contributed by atoms with van der Waals surface area (Å²) in [5.41, 5.74) is 3.69. The summed E-state index contributed by atoms with van der Waals surface area (Å²) in [6, 6.07) is 18.9. The predicted octanol–water partition coefficient (Wildman–Crippen LogP) is 4.32. The van der Waals surface area contributed by atoms with Crippen molar-refractivity contribution in [3.8, 4) is 11.1 Å². The number of aliphatic hydroxyl groups excluding tert-OH is 1. The molecule has 0 saturated carbocycles. The van der Waals surface area contributed by atoms with Crippen LogP contribution < -0.4 is 5.32 Å². The molecule has 0 heterocycles. The first-order valence-electron chi connectivity index (χ1n) is 7.41. The Morgan fingerprint density at radius 3 is 2.25 bits per heavy atom. The standard InChI is InChI=1S/C18H23NO/c20-15-9-2-1-8-14-19-18-13-7-6-12-17(18)16-10-4-3-5-11-16/h3-7,10-13,19-20H,1-2,8-9,14-15H2. The molecule has 2 rings (SSSR count). The summed E-state index contributed by atoms with van der Waals surface area (Å²) in [5.74, 6) is 0. The van der Waals surface area contributed by atoms with E-state index in [2.05, 4.69) is 53.8 Å². The van der Waals surface area contributed by atoms with Gasteiger partial charge in [0.2, 0.25) is 0 Å². The van der Waals surface area contributed by atoms with Crippen molar-refractivity contribution in [2.24, 2.45) is 0 Å². The third kappa shape index (κ3) is 4.39. The van der Waals surface area contributed by atoms with E-state index in [-0.39, 0.29) is 0 Å². The Bertz CT molecular complexity index is 496. The molecule has 0 aromatic heterocycles. The van der Waals surface area contributed by atoms with E-state index in [4.69, 9.17) is 5.11 Å². The van der Waals surface area contributed by atoms with Gasteiger partial charge in [-0.2, -0.15) is 0 Å². The second kappa shape index (κ2) is 8.39. The fourth-order valence-corrected chi connectivity index (χ4v) is 2.32. The van der Waals surface area contributed by atoms with Crippen LogP contribution in [0.4, 0.5) is 5.69 Å². The Morgan fingerprint density at radius 1 is 0.750 bits per heavy atom. The highest BCUT2D eigenvalue weighted by molar-refractivity contribution is 5.77. The maximum absolute atomic E-state index is 8.75. The summed E-state index contributed by atoms with van der Waals surface area (Å²) in [6.07, 6.45) is 4.34. The first-order chi connectivity index (χ1) is 9.92. The Morgan fingerprint density at radius 2 is 1.45 bits per heavy atom. The smallest absolute Gasteiger partial charge is 0.0431 e. The molecule has 0 atom stereocenters. The first kappa shape index (κ1) is 14.6. The van der Waals surface area contributed by atoms with Crippen LogP contribution in [0.3, 0.4) is 0 Å². The van der Waals surface area contributed by atoms with E-state index >= 15 is 0 Å². The number of unbranched alkanes of at least 4 members (excludes halogenated alkanes) is 3. The van der Waals surface area contributed by atoms with Crippen molar-refractivity contribution in [3.63, 3.8) is 0 Å². The SMILES string of the molecule is OCCCCCCNc1ccccc1-c1ccccc1. The summed E-state index contributed by atoms with van der Waals surface area (Å²) in [5, 5.41) is 12.3. The van der Waals surface area contributed by atoms with Crippen LogP contribution in [0.25, 0.3) is 11.1 Å². The molecule has 2 nitrogen and oxygen atoms in total. The number of rotatable bonds is 8. The van der Waals surface area contributed by atoms with Gasteiger partial charge in [-0.3, -0.25) is 0 Å². The number of benzene rings is 2. The van der Waals surface area contributed by atoms with Gasteiger partial charge in [-0.25, -0.2) is 0 Å². The van der Waals surface area contributed by atoms with Gasteiger partial charge < -0.3 is 10.4 Å². The van der Waals surface area contributed by atoms with Gasteiger partial charge in [0, 0.05) is 24.4 Å². The van der Waals surface area contributed by atoms with E-state index in [1.54, 1.807) is 0 Å². The van der Waals surface area contributed by atoms with E-state index in [0.717, 1.165) is 25.8 Å². The normalized spacial score (nSPS) is 10.4. The Labute approximate surface area is 121 Å².